The van der Waals surface area contributed by atoms with Crippen LogP contribution in [0.4, 0.5) is 0 Å². The Balaban J connectivity index is 1.58. The van der Waals surface area contributed by atoms with Crippen molar-refractivity contribution in [1.29, 1.82) is 0 Å². The van der Waals surface area contributed by atoms with Gasteiger partial charge in [0.1, 0.15) is 12.4 Å². The molecule has 0 radical (unpaired) electrons. The lowest BCUT2D eigenvalue weighted by Gasteiger charge is -2.15. The van der Waals surface area contributed by atoms with Gasteiger partial charge in [-0.15, -0.1) is 0 Å². The second kappa shape index (κ2) is 5.90. The highest BCUT2D eigenvalue weighted by molar-refractivity contribution is 6.30. The van der Waals surface area contributed by atoms with Crippen molar-refractivity contribution in [1.82, 2.24) is 4.90 Å². The second-order valence-corrected chi connectivity index (χ2v) is 5.73. The third-order valence-corrected chi connectivity index (χ3v) is 4.21. The number of hydrogen-bond acceptors (Lipinski definition) is 3. The number of likely N-dealkylation sites (tertiary alicyclic amines) is 1. The van der Waals surface area contributed by atoms with Crippen molar-refractivity contribution in [2.75, 3.05) is 13.2 Å². The van der Waals surface area contributed by atoms with E-state index in [1.807, 2.05) is 12.2 Å². The molecule has 1 fully saturated rings. The second-order valence-electron chi connectivity index (χ2n) is 5.29. The Morgan fingerprint density at radius 1 is 1.14 bits per heavy atom. The Bertz CT molecular complexity index is 573. The van der Waals surface area contributed by atoms with E-state index in [4.69, 9.17) is 16.3 Å². The summed E-state index contributed by atoms with van der Waals surface area (Å²) in [6, 6.07) is 7.06. The van der Waals surface area contributed by atoms with Gasteiger partial charge in [0.2, 0.25) is 11.8 Å². The summed E-state index contributed by atoms with van der Waals surface area (Å²) in [4.78, 5) is 25.8. The first kappa shape index (κ1) is 14.1. The van der Waals surface area contributed by atoms with Gasteiger partial charge in [-0.1, -0.05) is 29.8 Å². The van der Waals surface area contributed by atoms with Crippen LogP contribution >= 0.6 is 11.6 Å². The third-order valence-electron chi connectivity index (χ3n) is 3.98. The molecule has 2 aliphatic rings. The van der Waals surface area contributed by atoms with Gasteiger partial charge >= 0.3 is 0 Å². The van der Waals surface area contributed by atoms with Crippen LogP contribution in [0.2, 0.25) is 5.02 Å². The number of halogens is 1. The van der Waals surface area contributed by atoms with Crippen LogP contribution in [0.25, 0.3) is 0 Å². The first-order chi connectivity index (χ1) is 10.2. The first-order valence-electron chi connectivity index (χ1n) is 7.05. The molecule has 0 bridgehead atoms. The van der Waals surface area contributed by atoms with Crippen LogP contribution in [0.3, 0.4) is 0 Å². The maximum Gasteiger partial charge on any atom is 0.233 e. The molecule has 1 aromatic carbocycles. The normalized spacial score (nSPS) is 24.3. The van der Waals surface area contributed by atoms with E-state index in [-0.39, 0.29) is 36.8 Å². The van der Waals surface area contributed by atoms with Gasteiger partial charge in [0.15, 0.2) is 0 Å². The maximum absolute atomic E-state index is 12.2. The zero-order valence-corrected chi connectivity index (χ0v) is 12.3. The lowest BCUT2D eigenvalue weighted by Crippen LogP contribution is -2.34. The molecule has 0 spiro atoms. The number of ether oxygens (including phenoxy) is 1. The van der Waals surface area contributed by atoms with Crippen molar-refractivity contribution < 1.29 is 14.3 Å². The Morgan fingerprint density at radius 2 is 1.81 bits per heavy atom. The van der Waals surface area contributed by atoms with E-state index >= 15 is 0 Å². The van der Waals surface area contributed by atoms with Crippen molar-refractivity contribution in [3.63, 3.8) is 0 Å². The summed E-state index contributed by atoms with van der Waals surface area (Å²) in [5, 5.41) is 0.595. The van der Waals surface area contributed by atoms with E-state index in [9.17, 15) is 9.59 Å². The number of imide groups is 1. The largest absolute Gasteiger partial charge is 0.492 e. The van der Waals surface area contributed by atoms with Crippen molar-refractivity contribution >= 4 is 23.4 Å². The fourth-order valence-electron chi connectivity index (χ4n) is 2.90. The van der Waals surface area contributed by atoms with E-state index in [0.717, 1.165) is 0 Å². The molecular formula is C16H16ClNO3. The van der Waals surface area contributed by atoms with Gasteiger partial charge < -0.3 is 4.74 Å². The lowest BCUT2D eigenvalue weighted by molar-refractivity contribution is -0.140. The maximum atomic E-state index is 12.2. The topological polar surface area (TPSA) is 46.6 Å². The number of benzene rings is 1. The molecule has 0 aromatic heterocycles. The summed E-state index contributed by atoms with van der Waals surface area (Å²) in [6.45, 7) is 0.571. The van der Waals surface area contributed by atoms with E-state index in [1.54, 1.807) is 24.3 Å². The number of nitrogens with zero attached hydrogens (tertiary/aromatic N) is 1. The summed E-state index contributed by atoms with van der Waals surface area (Å²) in [5.74, 6) is 0.163. The molecule has 4 nitrogen and oxygen atoms in total. The summed E-state index contributed by atoms with van der Waals surface area (Å²) in [6.07, 6.45) is 5.30. The Morgan fingerprint density at radius 3 is 2.43 bits per heavy atom. The average molecular weight is 306 g/mol. The minimum Gasteiger partial charge on any atom is -0.492 e. The summed E-state index contributed by atoms with van der Waals surface area (Å²) in [5.41, 5.74) is 0. The molecule has 2 amide bonds. The Kier molecular flexibility index (Phi) is 3.97. The fraction of sp³-hybridized carbons (Fsp3) is 0.375. The van der Waals surface area contributed by atoms with Crippen LogP contribution < -0.4 is 4.74 Å². The monoisotopic (exact) mass is 305 g/mol. The third kappa shape index (κ3) is 2.81. The zero-order valence-electron chi connectivity index (χ0n) is 11.5. The SMILES string of the molecule is O=C1[C@@H]2CC=CC[C@H]2C(=O)N1CCOc1cccc(Cl)c1. The van der Waals surface area contributed by atoms with E-state index in [0.29, 0.717) is 23.6 Å². The molecule has 1 aliphatic carbocycles. The summed E-state index contributed by atoms with van der Waals surface area (Å²) in [7, 11) is 0. The molecule has 0 N–H and O–H groups in total. The lowest BCUT2D eigenvalue weighted by atomic mass is 9.85. The van der Waals surface area contributed by atoms with Gasteiger partial charge in [-0.2, -0.15) is 0 Å². The van der Waals surface area contributed by atoms with E-state index in [2.05, 4.69) is 0 Å². The van der Waals surface area contributed by atoms with Crippen LogP contribution in [0.5, 0.6) is 5.75 Å². The Labute approximate surface area is 128 Å². The van der Waals surface area contributed by atoms with E-state index in [1.165, 1.54) is 4.90 Å². The molecule has 5 heteroatoms. The minimum atomic E-state index is -0.173. The predicted molar refractivity (Wildman–Crippen MR) is 79.0 cm³/mol. The highest BCUT2D eigenvalue weighted by Gasteiger charge is 2.46. The predicted octanol–water partition coefficient (Wildman–Crippen LogP) is 2.67. The zero-order chi connectivity index (χ0) is 14.8. The molecule has 3 rings (SSSR count). The van der Waals surface area contributed by atoms with E-state index < -0.39 is 0 Å². The number of allylic oxidation sites excluding steroid dienone is 2. The van der Waals surface area contributed by atoms with Gasteiger partial charge in [0, 0.05) is 5.02 Å². The number of rotatable bonds is 4. The van der Waals surface area contributed by atoms with Gasteiger partial charge in [-0.25, -0.2) is 0 Å². The molecule has 1 aromatic rings. The molecule has 2 atom stereocenters. The van der Waals surface area contributed by atoms with Gasteiger partial charge in [-0.3, -0.25) is 14.5 Å². The molecule has 1 aliphatic heterocycles. The molecule has 0 saturated carbocycles. The molecular weight excluding hydrogens is 290 g/mol. The highest BCUT2D eigenvalue weighted by Crippen LogP contribution is 2.34. The summed E-state index contributed by atoms with van der Waals surface area (Å²) >= 11 is 5.87. The quantitative estimate of drug-likeness (QED) is 0.634. The number of hydrogen-bond donors (Lipinski definition) is 0. The number of amides is 2. The molecule has 1 saturated heterocycles. The van der Waals surface area contributed by atoms with Crippen LogP contribution in [-0.4, -0.2) is 29.9 Å². The van der Waals surface area contributed by atoms with Crippen molar-refractivity contribution in [3.8, 4) is 5.75 Å². The standard InChI is InChI=1S/C16H16ClNO3/c17-11-4-3-5-12(10-11)21-9-8-18-15(19)13-6-1-2-7-14(13)16(18)20/h1-5,10,13-14H,6-9H2/t13-,14-/m1/s1. The molecule has 110 valence electrons. The smallest absolute Gasteiger partial charge is 0.233 e. The number of fused-ring (bicyclic) bond motifs is 1. The average Bonchev–Trinajstić information content (AvgIpc) is 2.73. The fourth-order valence-corrected chi connectivity index (χ4v) is 3.08. The first-order valence-corrected chi connectivity index (χ1v) is 7.43. The van der Waals surface area contributed by atoms with Crippen LogP contribution in [-0.2, 0) is 9.59 Å². The van der Waals surface area contributed by atoms with Crippen molar-refractivity contribution in [2.24, 2.45) is 11.8 Å². The molecule has 21 heavy (non-hydrogen) atoms. The van der Waals surface area contributed by atoms with Crippen LogP contribution in [0.15, 0.2) is 36.4 Å². The molecule has 0 unspecified atom stereocenters. The molecule has 1 heterocycles. The van der Waals surface area contributed by atoms with Crippen molar-refractivity contribution in [2.45, 2.75) is 12.8 Å². The van der Waals surface area contributed by atoms with Gasteiger partial charge in [-0.05, 0) is 31.0 Å². The van der Waals surface area contributed by atoms with Crippen LogP contribution in [0, 0.1) is 11.8 Å². The highest BCUT2D eigenvalue weighted by atomic mass is 35.5. The number of carbonyl (C=O) groups is 2. The Hall–Kier alpha value is -1.81. The number of carbonyl (C=O) groups excluding carboxylic acids is 2. The van der Waals surface area contributed by atoms with Gasteiger partial charge in [0.05, 0.1) is 18.4 Å². The summed E-state index contributed by atoms with van der Waals surface area (Å²) < 4.78 is 5.55. The van der Waals surface area contributed by atoms with Crippen LogP contribution in [0.1, 0.15) is 12.8 Å². The van der Waals surface area contributed by atoms with Gasteiger partial charge in [0.25, 0.3) is 0 Å². The van der Waals surface area contributed by atoms with Crippen molar-refractivity contribution in [3.05, 3.63) is 41.4 Å². The minimum absolute atomic E-state index is 0.0657.